The van der Waals surface area contributed by atoms with E-state index in [1.807, 2.05) is 6.07 Å². The Bertz CT molecular complexity index is 337. The predicted molar refractivity (Wildman–Crippen MR) is 58.3 cm³/mol. The fourth-order valence-electron chi connectivity index (χ4n) is 0.839. The van der Waals surface area contributed by atoms with Gasteiger partial charge < -0.3 is 5.32 Å². The summed E-state index contributed by atoms with van der Waals surface area (Å²) >= 11 is 15.0. The molecule has 68 valence electrons. The average Bonchev–Trinajstić information content (AvgIpc) is 2.02. The van der Waals surface area contributed by atoms with Crippen molar-refractivity contribution >= 4 is 44.8 Å². The first-order valence-corrected chi connectivity index (χ1v) is 4.95. The van der Waals surface area contributed by atoms with Gasteiger partial charge >= 0.3 is 0 Å². The summed E-state index contributed by atoms with van der Waals surface area (Å²) in [6.45, 7) is 0.182. The highest BCUT2D eigenvalue weighted by Gasteiger charge is 2.05. The first-order valence-electron chi connectivity index (χ1n) is 3.40. The normalized spacial score (nSPS) is 9.38. The van der Waals surface area contributed by atoms with Crippen LogP contribution in [0.2, 0.25) is 10.0 Å². The zero-order chi connectivity index (χ0) is 9.84. The maximum absolute atomic E-state index is 8.36. The van der Waals surface area contributed by atoms with Crippen molar-refractivity contribution in [3.63, 3.8) is 0 Å². The summed E-state index contributed by atoms with van der Waals surface area (Å²) in [6, 6.07) is 5.38. The van der Waals surface area contributed by atoms with Crippen LogP contribution in [0.25, 0.3) is 0 Å². The van der Waals surface area contributed by atoms with Gasteiger partial charge in [-0.15, -0.1) is 0 Å². The molecule has 1 aromatic carbocycles. The molecule has 0 aliphatic rings. The summed E-state index contributed by atoms with van der Waals surface area (Å²) in [4.78, 5) is 0. The number of hydrogen-bond acceptors (Lipinski definition) is 2. The Balaban J connectivity index is 3.00. The van der Waals surface area contributed by atoms with E-state index in [4.69, 9.17) is 28.5 Å². The molecule has 2 nitrogen and oxygen atoms in total. The van der Waals surface area contributed by atoms with Gasteiger partial charge in [-0.2, -0.15) is 5.26 Å². The van der Waals surface area contributed by atoms with Crippen LogP contribution in [-0.4, -0.2) is 6.54 Å². The molecular formula is C8H5BrCl2N2. The molecule has 0 amide bonds. The molecule has 0 aliphatic carbocycles. The zero-order valence-electron chi connectivity index (χ0n) is 6.44. The summed E-state index contributed by atoms with van der Waals surface area (Å²) in [7, 11) is 0. The Morgan fingerprint density at radius 3 is 2.38 bits per heavy atom. The van der Waals surface area contributed by atoms with Crippen molar-refractivity contribution in [3.05, 3.63) is 26.7 Å². The minimum absolute atomic E-state index is 0.182. The molecule has 0 fully saturated rings. The third kappa shape index (κ3) is 2.77. The van der Waals surface area contributed by atoms with Gasteiger partial charge in [-0.05, 0) is 12.1 Å². The molecule has 0 atom stereocenters. The Hall–Kier alpha value is -0.430. The molecule has 0 aromatic heterocycles. The molecule has 0 saturated heterocycles. The van der Waals surface area contributed by atoms with E-state index in [2.05, 4.69) is 21.2 Å². The van der Waals surface area contributed by atoms with Gasteiger partial charge in [-0.1, -0.05) is 39.1 Å². The molecule has 0 radical (unpaired) electrons. The van der Waals surface area contributed by atoms with E-state index in [1.54, 1.807) is 12.1 Å². The first-order chi connectivity index (χ1) is 6.15. The topological polar surface area (TPSA) is 35.8 Å². The largest absolute Gasteiger partial charge is 0.370 e. The lowest BCUT2D eigenvalue weighted by Crippen LogP contribution is -1.99. The second kappa shape index (κ2) is 4.71. The lowest BCUT2D eigenvalue weighted by Gasteiger charge is -2.07. The van der Waals surface area contributed by atoms with Crippen LogP contribution in [0.5, 0.6) is 0 Å². The van der Waals surface area contributed by atoms with Crippen molar-refractivity contribution in [2.24, 2.45) is 0 Å². The lowest BCUT2D eigenvalue weighted by molar-refractivity contribution is 1.32. The standard InChI is InChI=1S/C8H5BrCl2N2/c9-5-3-6(10)8(7(11)4-5)13-2-1-12/h3-4,13H,2H2. The quantitative estimate of drug-likeness (QED) is 0.838. The van der Waals surface area contributed by atoms with Gasteiger partial charge in [0.2, 0.25) is 0 Å². The minimum atomic E-state index is 0.182. The van der Waals surface area contributed by atoms with Crippen LogP contribution in [-0.2, 0) is 0 Å². The number of rotatable bonds is 2. The van der Waals surface area contributed by atoms with Crippen LogP contribution < -0.4 is 5.32 Å². The first kappa shape index (κ1) is 10.6. The van der Waals surface area contributed by atoms with Crippen molar-refractivity contribution in [1.29, 1.82) is 5.26 Å². The second-order valence-corrected chi connectivity index (χ2v) is 3.99. The predicted octanol–water partition coefficient (Wildman–Crippen LogP) is 3.69. The van der Waals surface area contributed by atoms with E-state index in [-0.39, 0.29) is 6.54 Å². The van der Waals surface area contributed by atoms with Gasteiger partial charge in [0, 0.05) is 4.47 Å². The highest BCUT2D eigenvalue weighted by atomic mass is 79.9. The third-order valence-electron chi connectivity index (χ3n) is 1.35. The van der Waals surface area contributed by atoms with Gasteiger partial charge in [0.25, 0.3) is 0 Å². The van der Waals surface area contributed by atoms with Crippen LogP contribution in [0, 0.1) is 11.3 Å². The second-order valence-electron chi connectivity index (χ2n) is 2.26. The molecule has 0 saturated carbocycles. The van der Waals surface area contributed by atoms with Gasteiger partial charge in [0.15, 0.2) is 0 Å². The van der Waals surface area contributed by atoms with Crippen molar-refractivity contribution < 1.29 is 0 Å². The molecule has 0 aliphatic heterocycles. The minimum Gasteiger partial charge on any atom is -0.370 e. The molecule has 1 N–H and O–H groups in total. The number of hydrogen-bond donors (Lipinski definition) is 1. The van der Waals surface area contributed by atoms with Gasteiger partial charge in [0.1, 0.15) is 6.54 Å². The number of benzene rings is 1. The third-order valence-corrected chi connectivity index (χ3v) is 2.41. The van der Waals surface area contributed by atoms with Crippen molar-refractivity contribution in [3.8, 4) is 6.07 Å². The fourth-order valence-corrected chi connectivity index (χ4v) is 2.18. The Morgan fingerprint density at radius 1 is 1.38 bits per heavy atom. The molecule has 0 spiro atoms. The van der Waals surface area contributed by atoms with Gasteiger partial charge in [0.05, 0.1) is 21.8 Å². The number of anilines is 1. The van der Waals surface area contributed by atoms with E-state index < -0.39 is 0 Å². The van der Waals surface area contributed by atoms with Crippen molar-refractivity contribution in [2.45, 2.75) is 0 Å². The number of nitrogens with one attached hydrogen (secondary N) is 1. The average molecular weight is 280 g/mol. The molecule has 5 heteroatoms. The van der Waals surface area contributed by atoms with E-state index in [0.717, 1.165) is 4.47 Å². The van der Waals surface area contributed by atoms with E-state index in [1.165, 1.54) is 0 Å². The molecule has 0 bridgehead atoms. The maximum Gasteiger partial charge on any atom is 0.103 e. The van der Waals surface area contributed by atoms with Crippen LogP contribution >= 0.6 is 39.1 Å². The monoisotopic (exact) mass is 278 g/mol. The molecule has 1 rings (SSSR count). The van der Waals surface area contributed by atoms with Crippen LogP contribution in [0.3, 0.4) is 0 Å². The number of nitrogens with zero attached hydrogens (tertiary/aromatic N) is 1. The SMILES string of the molecule is N#CCNc1c(Cl)cc(Br)cc1Cl. The molecule has 0 heterocycles. The van der Waals surface area contributed by atoms with Crippen molar-refractivity contribution in [2.75, 3.05) is 11.9 Å². The van der Waals surface area contributed by atoms with Crippen LogP contribution in [0.4, 0.5) is 5.69 Å². The van der Waals surface area contributed by atoms with Crippen LogP contribution in [0.15, 0.2) is 16.6 Å². The summed E-state index contributed by atoms with van der Waals surface area (Å²) in [5.74, 6) is 0. The fraction of sp³-hybridized carbons (Fsp3) is 0.125. The summed E-state index contributed by atoms with van der Waals surface area (Å²) in [6.07, 6.45) is 0. The highest BCUT2D eigenvalue weighted by Crippen LogP contribution is 2.33. The molecule has 0 unspecified atom stereocenters. The smallest absolute Gasteiger partial charge is 0.103 e. The van der Waals surface area contributed by atoms with Crippen LogP contribution in [0.1, 0.15) is 0 Å². The van der Waals surface area contributed by atoms with E-state index in [9.17, 15) is 0 Å². The van der Waals surface area contributed by atoms with E-state index in [0.29, 0.717) is 15.7 Å². The molecule has 13 heavy (non-hydrogen) atoms. The molecule has 1 aromatic rings. The van der Waals surface area contributed by atoms with Crippen molar-refractivity contribution in [1.82, 2.24) is 0 Å². The Kier molecular flexibility index (Phi) is 3.86. The zero-order valence-corrected chi connectivity index (χ0v) is 9.54. The number of nitriles is 1. The summed E-state index contributed by atoms with van der Waals surface area (Å²) < 4.78 is 0.810. The summed E-state index contributed by atoms with van der Waals surface area (Å²) in [5.41, 5.74) is 0.591. The number of halogens is 3. The van der Waals surface area contributed by atoms with E-state index >= 15 is 0 Å². The highest BCUT2D eigenvalue weighted by molar-refractivity contribution is 9.10. The summed E-state index contributed by atoms with van der Waals surface area (Å²) in [5, 5.41) is 12.2. The molecular weight excluding hydrogens is 275 g/mol. The lowest BCUT2D eigenvalue weighted by atomic mass is 10.3. The Morgan fingerprint density at radius 2 is 1.92 bits per heavy atom. The van der Waals surface area contributed by atoms with Gasteiger partial charge in [-0.3, -0.25) is 0 Å². The van der Waals surface area contributed by atoms with Gasteiger partial charge in [-0.25, -0.2) is 0 Å². The Labute approximate surface area is 94.6 Å². The maximum atomic E-state index is 8.36.